The van der Waals surface area contributed by atoms with E-state index in [9.17, 15) is 8.78 Å². The fraction of sp³-hybridized carbons (Fsp3) is 0.353. The molecule has 1 aliphatic rings. The molecule has 1 aromatic heterocycles. The monoisotopic (exact) mass is 288 g/mol. The smallest absolute Gasteiger partial charge is 0.300 e. The SMILES string of the molecule is CN1CC(C)(C)c2ncc(C(F)(F)c3ccccc3)cc21. The van der Waals surface area contributed by atoms with Crippen LogP contribution >= 0.6 is 0 Å². The lowest BCUT2D eigenvalue weighted by atomic mass is 9.90. The maximum absolute atomic E-state index is 14.6. The molecule has 1 aromatic carbocycles. The van der Waals surface area contributed by atoms with Gasteiger partial charge in [0, 0.05) is 36.3 Å². The van der Waals surface area contributed by atoms with E-state index < -0.39 is 5.92 Å². The summed E-state index contributed by atoms with van der Waals surface area (Å²) < 4.78 is 29.2. The van der Waals surface area contributed by atoms with E-state index in [1.165, 1.54) is 18.3 Å². The average Bonchev–Trinajstić information content (AvgIpc) is 2.69. The summed E-state index contributed by atoms with van der Waals surface area (Å²) in [5, 5.41) is 0. The third-order valence-electron chi connectivity index (χ3n) is 4.05. The molecule has 0 aliphatic carbocycles. The molecule has 2 nitrogen and oxygen atoms in total. The molecule has 0 unspecified atom stereocenters. The first-order valence-corrected chi connectivity index (χ1v) is 6.98. The van der Waals surface area contributed by atoms with Crippen molar-refractivity contribution >= 4 is 5.69 Å². The Bertz CT molecular complexity index is 666. The van der Waals surface area contributed by atoms with Crippen molar-refractivity contribution in [1.82, 2.24) is 4.98 Å². The average molecular weight is 288 g/mol. The number of benzene rings is 1. The first-order valence-electron chi connectivity index (χ1n) is 6.98. The Balaban J connectivity index is 2.08. The fourth-order valence-corrected chi connectivity index (χ4v) is 3.00. The van der Waals surface area contributed by atoms with Gasteiger partial charge < -0.3 is 4.90 Å². The second-order valence-electron chi connectivity index (χ2n) is 6.27. The molecule has 21 heavy (non-hydrogen) atoms. The summed E-state index contributed by atoms with van der Waals surface area (Å²) in [5.41, 5.74) is 1.51. The topological polar surface area (TPSA) is 16.1 Å². The molecule has 0 bridgehead atoms. The van der Waals surface area contributed by atoms with Crippen LogP contribution in [0, 0.1) is 0 Å². The molecular formula is C17H18F2N2. The first-order chi connectivity index (χ1) is 9.82. The van der Waals surface area contributed by atoms with Crippen LogP contribution in [-0.2, 0) is 11.3 Å². The van der Waals surface area contributed by atoms with Gasteiger partial charge in [0.05, 0.1) is 11.4 Å². The molecule has 2 heterocycles. The second-order valence-corrected chi connectivity index (χ2v) is 6.27. The molecule has 110 valence electrons. The quantitative estimate of drug-likeness (QED) is 0.832. The number of rotatable bonds is 2. The van der Waals surface area contributed by atoms with Crippen molar-refractivity contribution in [2.45, 2.75) is 25.2 Å². The van der Waals surface area contributed by atoms with Crippen molar-refractivity contribution in [3.05, 3.63) is 59.4 Å². The summed E-state index contributed by atoms with van der Waals surface area (Å²) in [7, 11) is 1.92. The van der Waals surface area contributed by atoms with E-state index in [0.29, 0.717) is 0 Å². The molecule has 0 saturated carbocycles. The highest BCUT2D eigenvalue weighted by Gasteiger charge is 2.39. The lowest BCUT2D eigenvalue weighted by Gasteiger charge is -2.19. The van der Waals surface area contributed by atoms with Crippen molar-refractivity contribution in [2.24, 2.45) is 0 Å². The maximum atomic E-state index is 14.6. The van der Waals surface area contributed by atoms with Gasteiger partial charge in [-0.3, -0.25) is 4.98 Å². The molecule has 3 rings (SSSR count). The van der Waals surface area contributed by atoms with E-state index in [2.05, 4.69) is 18.8 Å². The van der Waals surface area contributed by atoms with E-state index in [-0.39, 0.29) is 16.5 Å². The van der Waals surface area contributed by atoms with Crippen molar-refractivity contribution in [1.29, 1.82) is 0 Å². The number of hydrogen-bond acceptors (Lipinski definition) is 2. The zero-order valence-corrected chi connectivity index (χ0v) is 12.4. The van der Waals surface area contributed by atoms with Gasteiger partial charge in [-0.05, 0) is 6.07 Å². The number of halogens is 2. The van der Waals surface area contributed by atoms with Crippen LogP contribution in [0.15, 0.2) is 42.6 Å². The van der Waals surface area contributed by atoms with Crippen molar-refractivity contribution < 1.29 is 8.78 Å². The van der Waals surface area contributed by atoms with Crippen LogP contribution in [0.3, 0.4) is 0 Å². The van der Waals surface area contributed by atoms with Crippen LogP contribution in [0.5, 0.6) is 0 Å². The molecule has 0 amide bonds. The van der Waals surface area contributed by atoms with Gasteiger partial charge in [0.15, 0.2) is 0 Å². The Kier molecular flexibility index (Phi) is 3.01. The number of fused-ring (bicyclic) bond motifs is 1. The number of aromatic nitrogens is 1. The predicted octanol–water partition coefficient (Wildman–Crippen LogP) is 3.95. The highest BCUT2D eigenvalue weighted by atomic mass is 19.3. The maximum Gasteiger partial charge on any atom is 0.300 e. The van der Waals surface area contributed by atoms with E-state index in [1.54, 1.807) is 24.3 Å². The number of pyridine rings is 1. The molecule has 4 heteroatoms. The van der Waals surface area contributed by atoms with Gasteiger partial charge in [-0.1, -0.05) is 44.2 Å². The highest BCUT2D eigenvalue weighted by Crippen LogP contribution is 2.42. The summed E-state index contributed by atoms with van der Waals surface area (Å²) in [4.78, 5) is 6.33. The number of likely N-dealkylation sites (N-methyl/N-ethyl adjacent to an activating group) is 1. The minimum absolute atomic E-state index is 0.00772. The molecule has 0 N–H and O–H groups in total. The zero-order valence-electron chi connectivity index (χ0n) is 12.4. The van der Waals surface area contributed by atoms with Gasteiger partial charge in [0.25, 0.3) is 5.92 Å². The van der Waals surface area contributed by atoms with E-state index in [1.807, 2.05) is 11.9 Å². The summed E-state index contributed by atoms with van der Waals surface area (Å²) in [6.45, 7) is 4.95. The highest BCUT2D eigenvalue weighted by molar-refractivity contribution is 5.60. The number of alkyl halides is 2. The zero-order chi connectivity index (χ0) is 15.3. The van der Waals surface area contributed by atoms with Crippen LogP contribution in [0.1, 0.15) is 30.7 Å². The third kappa shape index (κ3) is 2.19. The normalized spacial score (nSPS) is 16.9. The lowest BCUT2D eigenvalue weighted by Crippen LogP contribution is -2.25. The van der Waals surface area contributed by atoms with Crippen molar-refractivity contribution in [3.8, 4) is 0 Å². The largest absolute Gasteiger partial charge is 0.372 e. The van der Waals surface area contributed by atoms with Crippen LogP contribution < -0.4 is 4.90 Å². The molecule has 0 radical (unpaired) electrons. The van der Waals surface area contributed by atoms with Crippen LogP contribution in [0.2, 0.25) is 0 Å². The van der Waals surface area contributed by atoms with E-state index in [0.717, 1.165) is 17.9 Å². The Labute approximate surface area is 123 Å². The molecule has 1 aliphatic heterocycles. The van der Waals surface area contributed by atoms with E-state index in [4.69, 9.17) is 0 Å². The van der Waals surface area contributed by atoms with Crippen molar-refractivity contribution in [3.63, 3.8) is 0 Å². The summed E-state index contributed by atoms with van der Waals surface area (Å²) >= 11 is 0. The molecule has 0 saturated heterocycles. The van der Waals surface area contributed by atoms with Gasteiger partial charge in [-0.2, -0.15) is 8.78 Å². The summed E-state index contributed by atoms with van der Waals surface area (Å²) in [6.07, 6.45) is 1.31. The third-order valence-corrected chi connectivity index (χ3v) is 4.05. The number of anilines is 1. The van der Waals surface area contributed by atoms with Crippen molar-refractivity contribution in [2.75, 3.05) is 18.5 Å². The Morgan fingerprint density at radius 2 is 1.81 bits per heavy atom. The molecule has 2 aromatic rings. The Morgan fingerprint density at radius 3 is 2.48 bits per heavy atom. The van der Waals surface area contributed by atoms with Gasteiger partial charge in [0.1, 0.15) is 0 Å². The molecule has 0 atom stereocenters. The predicted molar refractivity (Wildman–Crippen MR) is 80.0 cm³/mol. The number of hydrogen-bond donors (Lipinski definition) is 0. The summed E-state index contributed by atoms with van der Waals surface area (Å²) in [6, 6.07) is 9.45. The number of nitrogens with zero attached hydrogens (tertiary/aromatic N) is 2. The lowest BCUT2D eigenvalue weighted by molar-refractivity contribution is 0.0425. The molecule has 0 fully saturated rings. The minimum Gasteiger partial charge on any atom is -0.372 e. The Morgan fingerprint density at radius 1 is 1.14 bits per heavy atom. The Hall–Kier alpha value is -1.97. The van der Waals surface area contributed by atoms with Crippen LogP contribution in [0.4, 0.5) is 14.5 Å². The van der Waals surface area contributed by atoms with Gasteiger partial charge in [0.2, 0.25) is 0 Å². The van der Waals surface area contributed by atoms with Gasteiger partial charge in [-0.15, -0.1) is 0 Å². The second kappa shape index (κ2) is 4.52. The molecule has 0 spiro atoms. The molecular weight excluding hydrogens is 270 g/mol. The van der Waals surface area contributed by atoms with Crippen LogP contribution in [-0.4, -0.2) is 18.6 Å². The van der Waals surface area contributed by atoms with Crippen LogP contribution in [0.25, 0.3) is 0 Å². The minimum atomic E-state index is -3.03. The standard InChI is InChI=1S/C17H18F2N2/c1-16(2)11-21(3)14-9-13(10-20-15(14)16)17(18,19)12-7-5-4-6-8-12/h4-10H,11H2,1-3H3. The van der Waals surface area contributed by atoms with Gasteiger partial charge >= 0.3 is 0 Å². The fourth-order valence-electron chi connectivity index (χ4n) is 3.00. The van der Waals surface area contributed by atoms with E-state index >= 15 is 0 Å². The summed E-state index contributed by atoms with van der Waals surface area (Å²) in [5.74, 6) is -3.03. The first kappa shape index (κ1) is 14.0. The van der Waals surface area contributed by atoms with Gasteiger partial charge in [-0.25, -0.2) is 0 Å².